The number of aromatic nitrogens is 4. The molecule has 1 fully saturated rings. The van der Waals surface area contributed by atoms with Gasteiger partial charge >= 0.3 is 0 Å². The molecular formula is C33H35N6O5P. The average Bonchev–Trinajstić information content (AvgIpc) is 3.66. The van der Waals surface area contributed by atoms with E-state index in [2.05, 4.69) is 20.3 Å². The van der Waals surface area contributed by atoms with Crippen molar-refractivity contribution < 1.29 is 24.3 Å². The number of aliphatic hydroxyl groups is 2. The zero-order valence-electron chi connectivity index (χ0n) is 25.0. The quantitative estimate of drug-likeness (QED) is 0.140. The topological polar surface area (TPSA) is 135 Å². The standard InChI is InChI=1S/C33H35N6O5P/c1-38(2)22-43-45(29(23-12-6-3-7-13-23)24-14-8-4-9-15-24)33(42)18-27(44-26(33)19-40)39-21-36-28-30(34-20-35-31(28)39)37-32(41)25-16-10-5-11-17-25/h3-17,20-21,26-27,29,40,42H,18-19,22H2,1-2H3,(H,34,35,37,41)/t26-,27-,33+,45?/m1/s1. The molecule has 1 aliphatic heterocycles. The Balaban J connectivity index is 1.36. The van der Waals surface area contributed by atoms with E-state index >= 15 is 0 Å². The number of anilines is 1. The molecule has 5 aromatic rings. The Morgan fingerprint density at radius 3 is 2.24 bits per heavy atom. The molecule has 0 spiro atoms. The Kier molecular flexibility index (Phi) is 9.27. The molecule has 0 radical (unpaired) electrons. The van der Waals surface area contributed by atoms with Crippen LogP contribution in [0, 0.1) is 0 Å². The molecule has 3 N–H and O–H groups in total. The molecule has 1 amide bonds. The smallest absolute Gasteiger partial charge is 0.256 e. The van der Waals surface area contributed by atoms with Gasteiger partial charge in [0.2, 0.25) is 0 Å². The highest BCUT2D eigenvalue weighted by molar-refractivity contribution is 7.54. The van der Waals surface area contributed by atoms with Gasteiger partial charge in [0.25, 0.3) is 5.91 Å². The molecular weight excluding hydrogens is 591 g/mol. The molecule has 0 saturated carbocycles. The van der Waals surface area contributed by atoms with Crippen LogP contribution in [0.4, 0.5) is 5.82 Å². The maximum atomic E-state index is 12.9. The van der Waals surface area contributed by atoms with Gasteiger partial charge in [-0.2, -0.15) is 0 Å². The molecule has 45 heavy (non-hydrogen) atoms. The fourth-order valence-electron chi connectivity index (χ4n) is 5.57. The first-order valence-electron chi connectivity index (χ1n) is 14.6. The number of benzene rings is 3. The number of aliphatic hydroxyl groups excluding tert-OH is 1. The van der Waals surface area contributed by atoms with Gasteiger partial charge in [-0.15, -0.1) is 0 Å². The van der Waals surface area contributed by atoms with Crippen molar-refractivity contribution in [2.24, 2.45) is 0 Å². The summed E-state index contributed by atoms with van der Waals surface area (Å²) in [5, 5.41) is 24.5. The van der Waals surface area contributed by atoms with Crippen LogP contribution in [0.25, 0.3) is 11.2 Å². The predicted molar refractivity (Wildman–Crippen MR) is 172 cm³/mol. The number of hydrogen-bond acceptors (Lipinski definition) is 9. The number of amides is 1. The number of ether oxygens (including phenoxy) is 1. The second kappa shape index (κ2) is 13.5. The zero-order valence-corrected chi connectivity index (χ0v) is 25.9. The Labute approximate surface area is 262 Å². The Hall–Kier alpha value is -4.09. The van der Waals surface area contributed by atoms with E-state index in [-0.39, 0.29) is 30.5 Å². The number of carbonyl (C=O) groups is 1. The van der Waals surface area contributed by atoms with Crippen LogP contribution < -0.4 is 5.32 Å². The molecule has 6 rings (SSSR count). The second-order valence-corrected chi connectivity index (χ2v) is 13.3. The van der Waals surface area contributed by atoms with Crippen LogP contribution >= 0.6 is 8.15 Å². The summed E-state index contributed by atoms with van der Waals surface area (Å²) in [5.41, 5.74) is 2.93. The van der Waals surface area contributed by atoms with Crippen LogP contribution in [0.3, 0.4) is 0 Å². The first kappa shape index (κ1) is 30.9. The highest BCUT2D eigenvalue weighted by Crippen LogP contribution is 2.68. The molecule has 232 valence electrons. The first-order chi connectivity index (χ1) is 21.9. The van der Waals surface area contributed by atoms with Gasteiger partial charge in [0, 0.05) is 12.0 Å². The van der Waals surface area contributed by atoms with Gasteiger partial charge in [-0.25, -0.2) is 15.0 Å². The average molecular weight is 627 g/mol. The molecule has 4 atom stereocenters. The fraction of sp³-hybridized carbons (Fsp3) is 0.273. The third kappa shape index (κ3) is 6.37. The van der Waals surface area contributed by atoms with E-state index in [1.54, 1.807) is 35.2 Å². The molecule has 2 aromatic heterocycles. The van der Waals surface area contributed by atoms with Gasteiger partial charge < -0.3 is 24.8 Å². The number of hydrogen-bond donors (Lipinski definition) is 3. The Morgan fingerprint density at radius 1 is 1.02 bits per heavy atom. The number of nitrogens with one attached hydrogen (secondary N) is 1. The first-order valence-corrected chi connectivity index (χ1v) is 15.9. The van der Waals surface area contributed by atoms with E-state index in [1.807, 2.05) is 85.7 Å². The highest BCUT2D eigenvalue weighted by Gasteiger charge is 2.56. The zero-order chi connectivity index (χ0) is 31.4. The summed E-state index contributed by atoms with van der Waals surface area (Å²) in [6.07, 6.45) is 1.32. The summed E-state index contributed by atoms with van der Waals surface area (Å²) in [7, 11) is 2.09. The van der Waals surface area contributed by atoms with E-state index in [9.17, 15) is 15.0 Å². The van der Waals surface area contributed by atoms with Gasteiger partial charge in [-0.05, 0) is 37.4 Å². The molecule has 1 unspecified atom stereocenters. The number of rotatable bonds is 11. The van der Waals surface area contributed by atoms with Crippen LogP contribution in [0.15, 0.2) is 104 Å². The molecule has 1 saturated heterocycles. The van der Waals surface area contributed by atoms with Crippen molar-refractivity contribution >= 4 is 31.0 Å². The van der Waals surface area contributed by atoms with Crippen LogP contribution in [-0.2, 0) is 9.26 Å². The van der Waals surface area contributed by atoms with E-state index in [0.29, 0.717) is 16.7 Å². The van der Waals surface area contributed by atoms with Crippen molar-refractivity contribution in [2.45, 2.75) is 29.8 Å². The Bertz CT molecular complexity index is 1690. The highest BCUT2D eigenvalue weighted by atomic mass is 31.1. The maximum absolute atomic E-state index is 12.9. The number of imidazole rings is 1. The van der Waals surface area contributed by atoms with Crippen molar-refractivity contribution in [3.8, 4) is 0 Å². The van der Waals surface area contributed by atoms with E-state index < -0.39 is 32.4 Å². The minimum Gasteiger partial charge on any atom is -0.394 e. The van der Waals surface area contributed by atoms with Crippen molar-refractivity contribution in [3.63, 3.8) is 0 Å². The van der Waals surface area contributed by atoms with Gasteiger partial charge in [-0.1, -0.05) is 78.9 Å². The van der Waals surface area contributed by atoms with Crippen LogP contribution in [-0.4, -0.2) is 79.4 Å². The second-order valence-electron chi connectivity index (χ2n) is 11.1. The van der Waals surface area contributed by atoms with Crippen LogP contribution in [0.1, 0.15) is 39.8 Å². The van der Waals surface area contributed by atoms with Crippen molar-refractivity contribution in [1.82, 2.24) is 24.4 Å². The lowest BCUT2D eigenvalue weighted by molar-refractivity contribution is -0.0559. The Morgan fingerprint density at radius 2 is 1.64 bits per heavy atom. The molecule has 11 nitrogen and oxygen atoms in total. The van der Waals surface area contributed by atoms with Gasteiger partial charge in [0.05, 0.1) is 26.7 Å². The van der Waals surface area contributed by atoms with Gasteiger partial charge in [-0.3, -0.25) is 14.3 Å². The summed E-state index contributed by atoms with van der Waals surface area (Å²) in [6.45, 7) is -0.161. The van der Waals surface area contributed by atoms with Crippen molar-refractivity contribution in [3.05, 3.63) is 120 Å². The summed E-state index contributed by atoms with van der Waals surface area (Å²) in [4.78, 5) is 28.0. The third-order valence-corrected chi connectivity index (χ3v) is 10.4. The van der Waals surface area contributed by atoms with Crippen LogP contribution in [0.2, 0.25) is 0 Å². The van der Waals surface area contributed by atoms with Crippen LogP contribution in [0.5, 0.6) is 0 Å². The summed E-state index contributed by atoms with van der Waals surface area (Å²) < 4.78 is 14.7. The van der Waals surface area contributed by atoms with Crippen molar-refractivity contribution in [1.29, 1.82) is 0 Å². The molecule has 3 heterocycles. The predicted octanol–water partition coefficient (Wildman–Crippen LogP) is 4.77. The lowest BCUT2D eigenvalue weighted by atomic mass is 10.0. The molecule has 0 bridgehead atoms. The minimum atomic E-state index is -1.72. The van der Waals surface area contributed by atoms with Gasteiger partial charge in [0.15, 0.2) is 17.0 Å². The lowest BCUT2D eigenvalue weighted by Crippen LogP contribution is -2.41. The minimum absolute atomic E-state index is 0.106. The number of fused-ring (bicyclic) bond motifs is 1. The third-order valence-electron chi connectivity index (χ3n) is 7.72. The van der Waals surface area contributed by atoms with Crippen molar-refractivity contribution in [2.75, 3.05) is 32.7 Å². The summed E-state index contributed by atoms with van der Waals surface area (Å²) in [6, 6.07) is 28.7. The van der Waals surface area contributed by atoms with E-state index in [1.165, 1.54) is 6.33 Å². The molecule has 12 heteroatoms. The van der Waals surface area contributed by atoms with Gasteiger partial charge in [0.1, 0.15) is 30.7 Å². The fourth-order valence-corrected chi connectivity index (χ4v) is 8.39. The summed E-state index contributed by atoms with van der Waals surface area (Å²) >= 11 is 0. The molecule has 0 aliphatic carbocycles. The number of nitrogens with zero attached hydrogens (tertiary/aromatic N) is 5. The summed E-state index contributed by atoms with van der Waals surface area (Å²) in [5.74, 6) is -0.0714. The van der Waals surface area contributed by atoms with E-state index in [0.717, 1.165) is 11.1 Å². The normalized spacial score (nSPS) is 20.6. The monoisotopic (exact) mass is 626 g/mol. The number of carbonyl (C=O) groups excluding carboxylic acids is 1. The SMILES string of the molecule is CN(C)COP(C(c1ccccc1)c1ccccc1)[C@@]1(O)C[C@H](n2cnc3c(NC(=O)c4ccccc4)ncnc32)O[C@@H]1CO. The van der Waals surface area contributed by atoms with E-state index in [4.69, 9.17) is 9.26 Å². The molecule has 3 aromatic carbocycles. The largest absolute Gasteiger partial charge is 0.394 e. The lowest BCUT2D eigenvalue weighted by Gasteiger charge is -2.40. The maximum Gasteiger partial charge on any atom is 0.256 e. The molecule has 1 aliphatic rings.